The molecule has 0 bridgehead atoms. The van der Waals surface area contributed by atoms with Crippen molar-refractivity contribution in [1.82, 2.24) is 19.7 Å². The summed E-state index contributed by atoms with van der Waals surface area (Å²) < 4.78 is 54.8. The highest BCUT2D eigenvalue weighted by Gasteiger charge is 2.34. The van der Waals surface area contributed by atoms with Crippen molar-refractivity contribution < 1.29 is 27.4 Å². The van der Waals surface area contributed by atoms with Crippen LogP contribution in [0.25, 0.3) is 11.3 Å². The summed E-state index contributed by atoms with van der Waals surface area (Å²) in [5.41, 5.74) is 0.832. The Labute approximate surface area is 197 Å². The minimum absolute atomic E-state index is 0.115. The van der Waals surface area contributed by atoms with E-state index in [-0.39, 0.29) is 23.4 Å². The third-order valence-corrected chi connectivity index (χ3v) is 7.35. The number of aliphatic hydroxyl groups excluding tert-OH is 1. The van der Waals surface area contributed by atoms with Crippen LogP contribution in [0.1, 0.15) is 19.3 Å². The molecule has 0 saturated carbocycles. The number of hydrogen-bond donors (Lipinski definition) is 2. The zero-order valence-electron chi connectivity index (χ0n) is 18.7. The Kier molecular flexibility index (Phi) is 7.57. The van der Waals surface area contributed by atoms with Crippen LogP contribution in [-0.4, -0.2) is 60.5 Å². The summed E-state index contributed by atoms with van der Waals surface area (Å²) in [6.45, 7) is 0.180. The van der Waals surface area contributed by atoms with Gasteiger partial charge in [-0.05, 0) is 55.7 Å². The summed E-state index contributed by atoms with van der Waals surface area (Å²) in [6.07, 6.45) is 2.55. The highest BCUT2D eigenvalue weighted by molar-refractivity contribution is 7.89. The number of nitrogens with zero attached hydrogens (tertiary/aromatic N) is 3. The standard InChI is InChI=1S/C23H27FN4O5S/c1-32-16-6-9-18(10-7-16)34(30,31)26-21-11-8-17(33-23(21)15-29)12-13-28-14-22(25-27-28)19-4-2-3-5-20(19)24/h2-7,9-10,14,17,21,23,26,29H,8,11-13,15H2,1H3/t17-,21+,23+/m0/s1. The molecule has 2 N–H and O–H groups in total. The van der Waals surface area contributed by atoms with Gasteiger partial charge in [0.1, 0.15) is 17.3 Å². The average Bonchev–Trinajstić information content (AvgIpc) is 3.32. The first-order chi connectivity index (χ1) is 16.4. The highest BCUT2D eigenvalue weighted by Crippen LogP contribution is 2.25. The summed E-state index contributed by atoms with van der Waals surface area (Å²) in [4.78, 5) is 0.115. The van der Waals surface area contributed by atoms with Crippen molar-refractivity contribution in [1.29, 1.82) is 0 Å². The SMILES string of the molecule is COc1ccc(S(=O)(=O)N[C@@H]2CC[C@@H](CCn3cc(-c4ccccc4F)nn3)O[C@@H]2CO)cc1. The van der Waals surface area contributed by atoms with Gasteiger partial charge in [-0.2, -0.15) is 0 Å². The van der Waals surface area contributed by atoms with E-state index < -0.39 is 22.2 Å². The van der Waals surface area contributed by atoms with Gasteiger partial charge in [-0.1, -0.05) is 17.3 Å². The second kappa shape index (κ2) is 10.6. The number of hydrogen-bond acceptors (Lipinski definition) is 7. The van der Waals surface area contributed by atoms with E-state index in [1.807, 2.05) is 0 Å². The summed E-state index contributed by atoms with van der Waals surface area (Å²) >= 11 is 0. The molecule has 0 spiro atoms. The number of aliphatic hydroxyl groups is 1. The number of halogens is 1. The molecule has 1 saturated heterocycles. The molecule has 34 heavy (non-hydrogen) atoms. The number of ether oxygens (including phenoxy) is 2. The maximum absolute atomic E-state index is 14.0. The third-order valence-electron chi connectivity index (χ3n) is 5.84. The molecule has 1 aliphatic heterocycles. The zero-order valence-corrected chi connectivity index (χ0v) is 19.5. The lowest BCUT2D eigenvalue weighted by Gasteiger charge is -2.36. The van der Waals surface area contributed by atoms with Crippen molar-refractivity contribution in [3.05, 3.63) is 60.5 Å². The van der Waals surface area contributed by atoms with E-state index in [0.29, 0.717) is 42.8 Å². The zero-order chi connectivity index (χ0) is 24.1. The van der Waals surface area contributed by atoms with Crippen molar-refractivity contribution in [2.75, 3.05) is 13.7 Å². The van der Waals surface area contributed by atoms with Gasteiger partial charge in [0, 0.05) is 12.1 Å². The molecule has 182 valence electrons. The Morgan fingerprint density at radius 1 is 1.21 bits per heavy atom. The molecule has 1 aliphatic rings. The van der Waals surface area contributed by atoms with E-state index in [4.69, 9.17) is 9.47 Å². The van der Waals surface area contributed by atoms with Crippen molar-refractivity contribution >= 4 is 10.0 Å². The highest BCUT2D eigenvalue weighted by atomic mass is 32.2. The molecule has 0 aliphatic carbocycles. The van der Waals surface area contributed by atoms with Crippen LogP contribution in [0.4, 0.5) is 4.39 Å². The molecule has 3 aromatic rings. The predicted molar refractivity (Wildman–Crippen MR) is 122 cm³/mol. The Balaban J connectivity index is 1.33. The topological polar surface area (TPSA) is 116 Å². The average molecular weight is 491 g/mol. The largest absolute Gasteiger partial charge is 0.497 e. The quantitative estimate of drug-likeness (QED) is 0.473. The fourth-order valence-electron chi connectivity index (χ4n) is 3.98. The Hall–Kier alpha value is -2.86. The van der Waals surface area contributed by atoms with Crippen LogP contribution in [0, 0.1) is 5.82 Å². The van der Waals surface area contributed by atoms with Gasteiger partial charge in [-0.25, -0.2) is 17.5 Å². The smallest absolute Gasteiger partial charge is 0.240 e. The third kappa shape index (κ3) is 5.61. The second-order valence-electron chi connectivity index (χ2n) is 8.10. The van der Waals surface area contributed by atoms with Crippen LogP contribution in [0.15, 0.2) is 59.6 Å². The number of aryl methyl sites for hydroxylation is 1. The lowest BCUT2D eigenvalue weighted by atomic mass is 9.98. The molecule has 2 aromatic carbocycles. The number of nitrogens with one attached hydrogen (secondary N) is 1. The van der Waals surface area contributed by atoms with Gasteiger partial charge in [-0.3, -0.25) is 4.68 Å². The number of aromatic nitrogens is 3. The van der Waals surface area contributed by atoms with Crippen LogP contribution in [0.3, 0.4) is 0 Å². The molecule has 1 aromatic heterocycles. The minimum Gasteiger partial charge on any atom is -0.497 e. The molecule has 1 fully saturated rings. The van der Waals surface area contributed by atoms with E-state index >= 15 is 0 Å². The Morgan fingerprint density at radius 3 is 2.68 bits per heavy atom. The lowest BCUT2D eigenvalue weighted by Crippen LogP contribution is -2.50. The van der Waals surface area contributed by atoms with Gasteiger partial charge in [0.2, 0.25) is 10.0 Å². The minimum atomic E-state index is -3.78. The van der Waals surface area contributed by atoms with E-state index in [9.17, 15) is 17.9 Å². The maximum Gasteiger partial charge on any atom is 0.240 e. The number of benzene rings is 2. The second-order valence-corrected chi connectivity index (χ2v) is 9.81. The van der Waals surface area contributed by atoms with Crippen molar-refractivity contribution in [2.24, 2.45) is 0 Å². The Morgan fingerprint density at radius 2 is 1.97 bits per heavy atom. The Bertz CT molecular complexity index is 1200. The van der Waals surface area contributed by atoms with Crippen LogP contribution < -0.4 is 9.46 Å². The molecule has 3 atom stereocenters. The lowest BCUT2D eigenvalue weighted by molar-refractivity contribution is -0.0891. The van der Waals surface area contributed by atoms with E-state index in [0.717, 1.165) is 0 Å². The van der Waals surface area contributed by atoms with Gasteiger partial charge < -0.3 is 14.6 Å². The molecule has 11 heteroatoms. The number of rotatable bonds is 9. The van der Waals surface area contributed by atoms with Gasteiger partial charge in [0.05, 0.1) is 43.1 Å². The molecule has 0 unspecified atom stereocenters. The number of sulfonamides is 1. The van der Waals surface area contributed by atoms with Crippen molar-refractivity contribution in [3.63, 3.8) is 0 Å². The molecule has 0 radical (unpaired) electrons. The van der Waals surface area contributed by atoms with Crippen molar-refractivity contribution in [2.45, 2.75) is 49.0 Å². The summed E-state index contributed by atoms with van der Waals surface area (Å²) in [7, 11) is -2.27. The summed E-state index contributed by atoms with van der Waals surface area (Å²) in [5.74, 6) is 0.198. The molecule has 4 rings (SSSR count). The first-order valence-corrected chi connectivity index (χ1v) is 12.5. The van der Waals surface area contributed by atoms with E-state index in [2.05, 4.69) is 15.0 Å². The first-order valence-electron chi connectivity index (χ1n) is 11.0. The van der Waals surface area contributed by atoms with Crippen LogP contribution in [-0.2, 0) is 21.3 Å². The summed E-state index contributed by atoms with van der Waals surface area (Å²) in [6, 6.07) is 11.9. The van der Waals surface area contributed by atoms with Gasteiger partial charge >= 0.3 is 0 Å². The molecule has 0 amide bonds. The normalized spacial score (nSPS) is 20.9. The molecular weight excluding hydrogens is 463 g/mol. The van der Waals surface area contributed by atoms with Gasteiger partial charge in [0.25, 0.3) is 0 Å². The fraction of sp³-hybridized carbons (Fsp3) is 0.391. The molecular formula is C23H27FN4O5S. The van der Waals surface area contributed by atoms with E-state index in [1.165, 1.54) is 25.3 Å². The van der Waals surface area contributed by atoms with Crippen LogP contribution in [0.2, 0.25) is 0 Å². The number of methoxy groups -OCH3 is 1. The monoisotopic (exact) mass is 490 g/mol. The first kappa shape index (κ1) is 24.3. The van der Waals surface area contributed by atoms with Gasteiger partial charge in [0.15, 0.2) is 0 Å². The van der Waals surface area contributed by atoms with Crippen LogP contribution >= 0.6 is 0 Å². The molecule has 9 nitrogen and oxygen atoms in total. The van der Waals surface area contributed by atoms with Gasteiger partial charge in [-0.15, -0.1) is 5.10 Å². The predicted octanol–water partition coefficient (Wildman–Crippen LogP) is 2.37. The van der Waals surface area contributed by atoms with E-state index in [1.54, 1.807) is 41.2 Å². The maximum atomic E-state index is 14.0. The summed E-state index contributed by atoms with van der Waals surface area (Å²) in [5, 5.41) is 17.9. The van der Waals surface area contributed by atoms with Crippen LogP contribution in [0.5, 0.6) is 5.75 Å². The molecule has 2 heterocycles. The van der Waals surface area contributed by atoms with Crippen molar-refractivity contribution in [3.8, 4) is 17.0 Å². The fourth-order valence-corrected chi connectivity index (χ4v) is 5.28.